The Bertz CT molecular complexity index is 522. The summed E-state index contributed by atoms with van der Waals surface area (Å²) in [4.78, 5) is 4.45. The Balaban J connectivity index is 1.32. The van der Waals surface area contributed by atoms with Crippen molar-refractivity contribution in [3.8, 4) is 0 Å². The van der Waals surface area contributed by atoms with Crippen LogP contribution in [0.25, 0.3) is 0 Å². The normalized spacial score (nSPS) is 39.5. The number of anilines is 1. The van der Waals surface area contributed by atoms with Gasteiger partial charge < -0.3 is 5.32 Å². The summed E-state index contributed by atoms with van der Waals surface area (Å²) < 4.78 is 0. The van der Waals surface area contributed by atoms with Gasteiger partial charge in [-0.25, -0.2) is 0 Å². The van der Waals surface area contributed by atoms with E-state index in [9.17, 15) is 0 Å². The van der Waals surface area contributed by atoms with E-state index in [4.69, 9.17) is 0 Å². The van der Waals surface area contributed by atoms with Gasteiger partial charge >= 0.3 is 0 Å². The molecular formula is C19H26N2. The molecule has 6 rings (SSSR count). The molecule has 21 heavy (non-hydrogen) atoms. The van der Waals surface area contributed by atoms with Crippen LogP contribution < -0.4 is 5.32 Å². The van der Waals surface area contributed by atoms with Crippen molar-refractivity contribution in [1.82, 2.24) is 4.98 Å². The molecule has 0 saturated heterocycles. The van der Waals surface area contributed by atoms with Gasteiger partial charge in [-0.05, 0) is 92.1 Å². The number of hydrogen-bond donors (Lipinski definition) is 1. The maximum Gasteiger partial charge on any atom is 0.0562 e. The molecule has 4 bridgehead atoms. The molecule has 0 radical (unpaired) electrons. The average Bonchev–Trinajstić information content (AvgIpc) is 2.95. The first kappa shape index (κ1) is 12.5. The summed E-state index contributed by atoms with van der Waals surface area (Å²) in [6.45, 7) is 1.20. The molecule has 2 nitrogen and oxygen atoms in total. The summed E-state index contributed by atoms with van der Waals surface area (Å²) in [6.07, 6.45) is 15.6. The Morgan fingerprint density at radius 2 is 1.71 bits per heavy atom. The number of aromatic nitrogens is 1. The zero-order valence-electron chi connectivity index (χ0n) is 12.9. The van der Waals surface area contributed by atoms with Crippen molar-refractivity contribution in [2.45, 2.75) is 51.4 Å². The fraction of sp³-hybridized carbons (Fsp3) is 0.737. The van der Waals surface area contributed by atoms with E-state index in [0.29, 0.717) is 0 Å². The van der Waals surface area contributed by atoms with Gasteiger partial charge in [0.05, 0.1) is 11.9 Å². The highest BCUT2D eigenvalue weighted by atomic mass is 14.9. The number of fused-ring (bicyclic) bond motifs is 1. The largest absolute Gasteiger partial charge is 0.383 e. The van der Waals surface area contributed by atoms with E-state index >= 15 is 0 Å². The molecule has 5 aliphatic rings. The van der Waals surface area contributed by atoms with Gasteiger partial charge in [0.1, 0.15) is 0 Å². The second-order valence-electron chi connectivity index (χ2n) is 8.15. The quantitative estimate of drug-likeness (QED) is 0.904. The average molecular weight is 282 g/mol. The molecule has 0 aliphatic heterocycles. The van der Waals surface area contributed by atoms with Crippen LogP contribution in [0.2, 0.25) is 0 Å². The molecule has 0 spiro atoms. The minimum Gasteiger partial charge on any atom is -0.383 e. The molecular weight excluding hydrogens is 256 g/mol. The third-order valence-electron chi connectivity index (χ3n) is 6.97. The number of nitrogens with zero attached hydrogens (tertiary/aromatic N) is 1. The van der Waals surface area contributed by atoms with E-state index in [1.54, 1.807) is 12.0 Å². The van der Waals surface area contributed by atoms with Crippen molar-refractivity contribution in [3.63, 3.8) is 0 Å². The van der Waals surface area contributed by atoms with Gasteiger partial charge in [0, 0.05) is 12.7 Å². The smallest absolute Gasteiger partial charge is 0.0562 e. The summed E-state index contributed by atoms with van der Waals surface area (Å²) in [5, 5.41) is 3.81. The van der Waals surface area contributed by atoms with Gasteiger partial charge in [0.25, 0.3) is 0 Å². The molecule has 0 atom stereocenters. The highest BCUT2D eigenvalue weighted by Crippen LogP contribution is 2.56. The van der Waals surface area contributed by atoms with Gasteiger partial charge in [-0.2, -0.15) is 0 Å². The summed E-state index contributed by atoms with van der Waals surface area (Å²) in [7, 11) is 0. The van der Waals surface area contributed by atoms with Gasteiger partial charge in [-0.15, -0.1) is 0 Å². The van der Waals surface area contributed by atoms with Gasteiger partial charge in [0.15, 0.2) is 0 Å². The maximum atomic E-state index is 4.45. The van der Waals surface area contributed by atoms with Gasteiger partial charge in [0.2, 0.25) is 0 Å². The third kappa shape index (κ3) is 2.02. The fourth-order valence-corrected chi connectivity index (χ4v) is 6.25. The highest BCUT2D eigenvalue weighted by Gasteiger charge is 2.47. The fourth-order valence-electron chi connectivity index (χ4n) is 6.25. The van der Waals surface area contributed by atoms with E-state index in [2.05, 4.69) is 22.7 Å². The van der Waals surface area contributed by atoms with Crippen LogP contribution in [0.1, 0.15) is 49.7 Å². The lowest BCUT2D eigenvalue weighted by Crippen LogP contribution is -2.47. The summed E-state index contributed by atoms with van der Waals surface area (Å²) in [5.74, 6) is 5.17. The molecule has 1 heterocycles. The van der Waals surface area contributed by atoms with Crippen molar-refractivity contribution >= 4 is 5.69 Å². The number of rotatable bonds is 3. The molecule has 4 saturated carbocycles. The number of pyridine rings is 1. The molecule has 1 N–H and O–H groups in total. The lowest BCUT2D eigenvalue weighted by molar-refractivity contribution is -0.0305. The Morgan fingerprint density at radius 3 is 2.48 bits per heavy atom. The molecule has 1 aromatic heterocycles. The van der Waals surface area contributed by atoms with Crippen LogP contribution in [0.15, 0.2) is 12.4 Å². The first-order chi connectivity index (χ1) is 10.4. The van der Waals surface area contributed by atoms with Crippen LogP contribution in [0.3, 0.4) is 0 Å². The van der Waals surface area contributed by atoms with Crippen molar-refractivity contribution < 1.29 is 0 Å². The number of hydrogen-bond acceptors (Lipinski definition) is 2. The Kier molecular flexibility index (Phi) is 2.81. The zero-order valence-corrected chi connectivity index (χ0v) is 12.9. The van der Waals surface area contributed by atoms with E-state index in [0.717, 1.165) is 29.6 Å². The Hall–Kier alpha value is -1.05. The first-order valence-electron chi connectivity index (χ1n) is 9.06. The summed E-state index contributed by atoms with van der Waals surface area (Å²) >= 11 is 0. The predicted molar refractivity (Wildman–Crippen MR) is 85.3 cm³/mol. The third-order valence-corrected chi connectivity index (χ3v) is 6.97. The number of nitrogens with one attached hydrogen (secondary N) is 1. The van der Waals surface area contributed by atoms with Gasteiger partial charge in [-0.3, -0.25) is 4.98 Å². The topological polar surface area (TPSA) is 24.9 Å². The second kappa shape index (κ2) is 4.72. The lowest BCUT2D eigenvalue weighted by Gasteiger charge is -2.54. The van der Waals surface area contributed by atoms with Crippen molar-refractivity contribution in [2.24, 2.45) is 29.6 Å². The molecule has 2 heteroatoms. The lowest BCUT2D eigenvalue weighted by atomic mass is 9.52. The summed E-state index contributed by atoms with van der Waals surface area (Å²) in [6, 6.07) is 0. The second-order valence-corrected chi connectivity index (χ2v) is 8.15. The SMILES string of the molecule is c1ncc(NCC2C3CC4CC(C3)CC2C4)c2c1CCC2. The standard InChI is InChI=1S/C19H26N2/c1-2-14-9-20-11-19(17(14)3-1)21-10-18-15-5-12-4-13(7-15)8-16(18)6-12/h9,11-13,15-16,18,21H,1-8,10H2. The molecule has 1 aromatic rings. The molecule has 112 valence electrons. The molecule has 4 fully saturated rings. The summed E-state index contributed by atoms with van der Waals surface area (Å²) in [5.41, 5.74) is 4.40. The first-order valence-corrected chi connectivity index (χ1v) is 9.06. The minimum atomic E-state index is 0.940. The number of aryl methyl sites for hydroxylation is 1. The monoisotopic (exact) mass is 282 g/mol. The highest BCUT2D eigenvalue weighted by molar-refractivity contribution is 5.54. The van der Waals surface area contributed by atoms with Crippen LogP contribution in [-0.4, -0.2) is 11.5 Å². The zero-order chi connectivity index (χ0) is 13.8. The molecule has 5 aliphatic carbocycles. The van der Waals surface area contributed by atoms with Crippen LogP contribution >= 0.6 is 0 Å². The maximum absolute atomic E-state index is 4.45. The van der Waals surface area contributed by atoms with E-state index in [1.807, 2.05) is 0 Å². The Morgan fingerprint density at radius 1 is 0.952 bits per heavy atom. The minimum absolute atomic E-state index is 0.940. The molecule has 0 unspecified atom stereocenters. The van der Waals surface area contributed by atoms with Crippen LogP contribution in [0, 0.1) is 29.6 Å². The van der Waals surface area contributed by atoms with E-state index < -0.39 is 0 Å². The van der Waals surface area contributed by atoms with E-state index in [-0.39, 0.29) is 0 Å². The van der Waals surface area contributed by atoms with Crippen LogP contribution in [0.4, 0.5) is 5.69 Å². The van der Waals surface area contributed by atoms with Crippen LogP contribution in [-0.2, 0) is 12.8 Å². The molecule has 0 amide bonds. The van der Waals surface area contributed by atoms with Crippen molar-refractivity contribution in [2.75, 3.05) is 11.9 Å². The van der Waals surface area contributed by atoms with E-state index in [1.165, 1.54) is 62.7 Å². The predicted octanol–water partition coefficient (Wildman–Crippen LogP) is 4.05. The Labute approximate surface area is 127 Å². The molecule has 0 aromatic carbocycles. The van der Waals surface area contributed by atoms with Gasteiger partial charge in [-0.1, -0.05) is 0 Å². The van der Waals surface area contributed by atoms with Crippen molar-refractivity contribution in [3.05, 3.63) is 23.5 Å². The van der Waals surface area contributed by atoms with Crippen molar-refractivity contribution in [1.29, 1.82) is 0 Å². The van der Waals surface area contributed by atoms with Crippen LogP contribution in [0.5, 0.6) is 0 Å².